The molecule has 1 saturated carbocycles. The third-order valence-electron chi connectivity index (χ3n) is 7.14. The Morgan fingerprint density at radius 2 is 1.80 bits per heavy atom. The Bertz CT molecular complexity index is 1610. The number of anilines is 1. The van der Waals surface area contributed by atoms with E-state index in [0.29, 0.717) is 54.8 Å². The molecule has 13 heteroatoms. The van der Waals surface area contributed by atoms with Gasteiger partial charge in [-0.3, -0.25) is 13.9 Å². The number of pyridine rings is 2. The summed E-state index contributed by atoms with van der Waals surface area (Å²) < 4.78 is 57.2. The van der Waals surface area contributed by atoms with Crippen LogP contribution in [0.2, 0.25) is 5.02 Å². The summed E-state index contributed by atoms with van der Waals surface area (Å²) in [5, 5.41) is 5.52. The molecule has 1 aliphatic rings. The first-order valence-corrected chi connectivity index (χ1v) is 13.0. The molecule has 3 heterocycles. The number of hydrogen-bond donors (Lipinski definition) is 2. The number of amides is 1. The smallest absolute Gasteiger partial charge is 0.373 e. The van der Waals surface area contributed by atoms with E-state index >= 15 is 0 Å². The van der Waals surface area contributed by atoms with E-state index in [2.05, 4.69) is 20.6 Å². The van der Waals surface area contributed by atoms with Gasteiger partial charge < -0.3 is 10.6 Å². The summed E-state index contributed by atoms with van der Waals surface area (Å²) in [6.45, 7) is 0.368. The van der Waals surface area contributed by atoms with Crippen molar-refractivity contribution in [3.05, 3.63) is 81.4 Å². The molecule has 0 saturated heterocycles. The number of hydrogen-bond acceptors (Lipinski definition) is 5. The number of carbonyl (C=O) groups excluding carboxylic acids is 1. The molecule has 3 aromatic heterocycles. The molecule has 210 valence electrons. The molecule has 0 radical (unpaired) electrons. The van der Waals surface area contributed by atoms with E-state index in [4.69, 9.17) is 11.6 Å². The zero-order valence-electron chi connectivity index (χ0n) is 21.3. The number of alkyl halides is 3. The van der Waals surface area contributed by atoms with Gasteiger partial charge in [-0.1, -0.05) is 11.6 Å². The van der Waals surface area contributed by atoms with Gasteiger partial charge in [-0.2, -0.15) is 13.2 Å². The van der Waals surface area contributed by atoms with Crippen molar-refractivity contribution in [3.63, 3.8) is 0 Å². The van der Waals surface area contributed by atoms with E-state index in [-0.39, 0.29) is 22.7 Å². The topological polar surface area (TPSA) is 93.8 Å². The predicted molar refractivity (Wildman–Crippen MR) is 142 cm³/mol. The van der Waals surface area contributed by atoms with Crippen LogP contribution in [0.3, 0.4) is 0 Å². The summed E-state index contributed by atoms with van der Waals surface area (Å²) in [4.78, 5) is 33.8. The lowest BCUT2D eigenvalue weighted by molar-refractivity contribution is -0.141. The van der Waals surface area contributed by atoms with Crippen LogP contribution >= 0.6 is 11.6 Å². The molecule has 0 unspecified atom stereocenters. The van der Waals surface area contributed by atoms with Crippen LogP contribution in [-0.4, -0.2) is 38.1 Å². The maximum absolute atomic E-state index is 14.2. The average molecular weight is 577 g/mol. The minimum absolute atomic E-state index is 0.0679. The fraction of sp³-hybridized carbons (Fsp3) is 0.333. The summed E-state index contributed by atoms with van der Waals surface area (Å²) in [5.41, 5.74) is -0.744. The van der Waals surface area contributed by atoms with E-state index in [1.54, 1.807) is 29.8 Å². The normalized spacial score (nSPS) is 17.6. The monoisotopic (exact) mass is 576 g/mol. The van der Waals surface area contributed by atoms with Crippen LogP contribution in [0.1, 0.15) is 41.7 Å². The number of imidazole rings is 1. The van der Waals surface area contributed by atoms with Crippen LogP contribution in [0.15, 0.2) is 53.6 Å². The van der Waals surface area contributed by atoms with Crippen LogP contribution in [0, 0.1) is 11.7 Å². The number of nitrogens with zero attached hydrogens (tertiary/aromatic N) is 4. The van der Waals surface area contributed by atoms with Gasteiger partial charge in [-0.05, 0) is 61.9 Å². The highest BCUT2D eigenvalue weighted by Crippen LogP contribution is 2.32. The van der Waals surface area contributed by atoms with Gasteiger partial charge in [-0.25, -0.2) is 19.2 Å². The van der Waals surface area contributed by atoms with Gasteiger partial charge >= 0.3 is 11.9 Å². The quantitative estimate of drug-likeness (QED) is 0.299. The Morgan fingerprint density at radius 3 is 2.45 bits per heavy atom. The molecule has 1 aromatic carbocycles. The van der Waals surface area contributed by atoms with Crippen LogP contribution < -0.4 is 16.3 Å². The van der Waals surface area contributed by atoms with Crippen molar-refractivity contribution in [2.45, 2.75) is 44.4 Å². The van der Waals surface area contributed by atoms with Crippen LogP contribution in [0.5, 0.6) is 0 Å². The fourth-order valence-corrected chi connectivity index (χ4v) is 5.33. The van der Waals surface area contributed by atoms with Crippen molar-refractivity contribution in [2.24, 2.45) is 5.92 Å². The summed E-state index contributed by atoms with van der Waals surface area (Å²) in [6, 6.07) is 8.25. The molecule has 8 nitrogen and oxygen atoms in total. The number of rotatable bonds is 6. The molecule has 2 N–H and O–H groups in total. The molecule has 1 aliphatic carbocycles. The molecular weight excluding hydrogens is 552 g/mol. The summed E-state index contributed by atoms with van der Waals surface area (Å²) in [7, 11) is 1.73. The first-order valence-electron chi connectivity index (χ1n) is 12.6. The first-order chi connectivity index (χ1) is 19.0. The molecule has 0 spiro atoms. The van der Waals surface area contributed by atoms with Crippen molar-refractivity contribution >= 4 is 34.4 Å². The van der Waals surface area contributed by atoms with Gasteiger partial charge in [0, 0.05) is 31.9 Å². The lowest BCUT2D eigenvalue weighted by atomic mass is 9.85. The Labute approximate surface area is 231 Å². The Kier molecular flexibility index (Phi) is 7.54. The van der Waals surface area contributed by atoms with Gasteiger partial charge in [-0.15, -0.1) is 0 Å². The SMILES string of the molecule is CNc1ccc(-n2c(=O)n(CC3CCC(NC(=O)c4cc(Cl)cnc4C(F)(F)F)CC3)c3ccc(F)cc32)cn1. The molecule has 4 aromatic rings. The van der Waals surface area contributed by atoms with E-state index < -0.39 is 29.2 Å². The van der Waals surface area contributed by atoms with Gasteiger partial charge in [0.15, 0.2) is 5.69 Å². The maximum atomic E-state index is 14.2. The van der Waals surface area contributed by atoms with E-state index in [0.717, 1.165) is 12.3 Å². The van der Waals surface area contributed by atoms with Crippen molar-refractivity contribution in [1.29, 1.82) is 0 Å². The van der Waals surface area contributed by atoms with E-state index in [1.807, 2.05) is 0 Å². The highest BCUT2D eigenvalue weighted by Gasteiger charge is 2.38. The van der Waals surface area contributed by atoms with Crippen molar-refractivity contribution in [1.82, 2.24) is 24.4 Å². The third-order valence-corrected chi connectivity index (χ3v) is 7.35. The first kappa shape index (κ1) is 27.6. The van der Waals surface area contributed by atoms with Crippen molar-refractivity contribution < 1.29 is 22.4 Å². The lowest BCUT2D eigenvalue weighted by Crippen LogP contribution is -2.39. The average Bonchev–Trinajstić information content (AvgIpc) is 3.19. The molecule has 1 amide bonds. The van der Waals surface area contributed by atoms with Gasteiger partial charge in [0.25, 0.3) is 5.91 Å². The minimum Gasteiger partial charge on any atom is -0.373 e. The predicted octanol–water partition coefficient (Wildman–Crippen LogP) is 5.42. The number of carbonyl (C=O) groups is 1. The number of fused-ring (bicyclic) bond motifs is 1. The Balaban J connectivity index is 1.32. The standard InChI is InChI=1S/C27H25ClF4N6O2/c1-33-23-9-7-19(13-34-23)38-22-11-17(29)4-8-21(22)37(26(38)40)14-15-2-5-18(6-3-15)36-25(39)20-10-16(28)12-35-24(20)27(30,31)32/h4,7-13,15,18H,2-3,5-6,14H2,1H3,(H,33,34)(H,36,39). The summed E-state index contributed by atoms with van der Waals surface area (Å²) in [5.74, 6) is -0.668. The highest BCUT2D eigenvalue weighted by molar-refractivity contribution is 6.30. The molecule has 40 heavy (non-hydrogen) atoms. The largest absolute Gasteiger partial charge is 0.434 e. The second-order valence-electron chi connectivity index (χ2n) is 9.75. The van der Waals surface area contributed by atoms with Crippen molar-refractivity contribution in [3.8, 4) is 5.69 Å². The number of benzene rings is 1. The number of aromatic nitrogens is 4. The zero-order chi connectivity index (χ0) is 28.6. The molecular formula is C27H25ClF4N6O2. The lowest BCUT2D eigenvalue weighted by Gasteiger charge is -2.29. The fourth-order valence-electron chi connectivity index (χ4n) is 5.17. The molecule has 0 atom stereocenters. The van der Waals surface area contributed by atoms with E-state index in [1.165, 1.54) is 22.9 Å². The van der Waals surface area contributed by atoms with Crippen LogP contribution in [-0.2, 0) is 12.7 Å². The minimum atomic E-state index is -4.80. The zero-order valence-corrected chi connectivity index (χ0v) is 22.1. The van der Waals surface area contributed by atoms with Gasteiger partial charge in [0.1, 0.15) is 11.6 Å². The molecule has 1 fully saturated rings. The second-order valence-corrected chi connectivity index (χ2v) is 10.2. The third kappa shape index (κ3) is 5.53. The van der Waals surface area contributed by atoms with Crippen LogP contribution in [0.25, 0.3) is 16.7 Å². The number of halogens is 5. The second kappa shape index (κ2) is 10.9. The van der Waals surface area contributed by atoms with Crippen LogP contribution in [0.4, 0.5) is 23.4 Å². The van der Waals surface area contributed by atoms with Gasteiger partial charge in [0.2, 0.25) is 0 Å². The van der Waals surface area contributed by atoms with Gasteiger partial charge in [0.05, 0.1) is 33.5 Å². The summed E-state index contributed by atoms with van der Waals surface area (Å²) in [6.07, 6.45) is -0.113. The highest BCUT2D eigenvalue weighted by atomic mass is 35.5. The molecule has 5 rings (SSSR count). The summed E-state index contributed by atoms with van der Waals surface area (Å²) >= 11 is 5.80. The van der Waals surface area contributed by atoms with Crippen molar-refractivity contribution in [2.75, 3.05) is 12.4 Å². The maximum Gasteiger partial charge on any atom is 0.434 e. The Hall–Kier alpha value is -3.93. The number of nitrogens with one attached hydrogen (secondary N) is 2. The van der Waals surface area contributed by atoms with E-state index in [9.17, 15) is 27.2 Å². The molecule has 0 bridgehead atoms. The molecule has 0 aliphatic heterocycles. The Morgan fingerprint density at radius 1 is 1.05 bits per heavy atom.